The Balaban J connectivity index is 1.79. The molecule has 0 saturated carbocycles. The molecule has 0 bridgehead atoms. The van der Waals surface area contributed by atoms with Crippen molar-refractivity contribution in [2.75, 3.05) is 7.05 Å². The summed E-state index contributed by atoms with van der Waals surface area (Å²) in [4.78, 5) is 1.33. The smallest absolute Gasteiger partial charge is 0.233 e. The molecule has 100 valence electrons. The molecule has 1 aliphatic heterocycles. The van der Waals surface area contributed by atoms with Gasteiger partial charge in [-0.15, -0.1) is 22.0 Å². The topological polar surface area (TPSA) is 51.0 Å². The number of fused-ring (bicyclic) bond motifs is 1. The van der Waals surface area contributed by atoms with Crippen molar-refractivity contribution in [1.29, 1.82) is 0 Å². The van der Waals surface area contributed by atoms with E-state index < -0.39 is 0 Å². The van der Waals surface area contributed by atoms with Crippen molar-refractivity contribution in [3.63, 3.8) is 0 Å². The Bertz CT molecular complexity index is 540. The second-order valence-corrected chi connectivity index (χ2v) is 5.89. The lowest BCUT2D eigenvalue weighted by atomic mass is 10.1. The Labute approximate surface area is 117 Å². The van der Waals surface area contributed by atoms with Gasteiger partial charge in [0.15, 0.2) is 0 Å². The molecule has 1 N–H and O–H groups in total. The summed E-state index contributed by atoms with van der Waals surface area (Å²) in [5.74, 6) is 1.43. The molecule has 2 unspecified atom stereocenters. The van der Waals surface area contributed by atoms with Gasteiger partial charge in [0.05, 0.1) is 11.3 Å². The number of rotatable bonds is 4. The second kappa shape index (κ2) is 5.35. The molecule has 1 aliphatic rings. The quantitative estimate of drug-likeness (QED) is 0.929. The fraction of sp³-hybridized carbons (Fsp3) is 0.429. The van der Waals surface area contributed by atoms with E-state index in [4.69, 9.17) is 4.42 Å². The molecule has 0 radical (unpaired) electrons. The SMILES string of the molecule is CCC(NC)c1nnc(C2Cc3ccccc3S2)o1. The summed E-state index contributed by atoms with van der Waals surface area (Å²) in [6.07, 6.45) is 1.91. The maximum absolute atomic E-state index is 5.84. The predicted octanol–water partition coefficient (Wildman–Crippen LogP) is 3.13. The first-order chi connectivity index (χ1) is 9.31. The van der Waals surface area contributed by atoms with Gasteiger partial charge in [-0.25, -0.2) is 0 Å². The van der Waals surface area contributed by atoms with E-state index in [2.05, 4.69) is 46.7 Å². The van der Waals surface area contributed by atoms with E-state index in [1.165, 1.54) is 10.5 Å². The molecule has 2 heterocycles. The number of nitrogens with one attached hydrogen (secondary N) is 1. The maximum atomic E-state index is 5.84. The van der Waals surface area contributed by atoms with Crippen LogP contribution >= 0.6 is 11.8 Å². The van der Waals surface area contributed by atoms with Crippen molar-refractivity contribution in [2.45, 2.75) is 36.0 Å². The van der Waals surface area contributed by atoms with E-state index >= 15 is 0 Å². The average molecular weight is 275 g/mol. The lowest BCUT2D eigenvalue weighted by Crippen LogP contribution is -2.15. The molecule has 2 aromatic rings. The number of thioether (sulfide) groups is 1. The normalized spacial score (nSPS) is 19.4. The second-order valence-electron chi connectivity index (χ2n) is 4.65. The van der Waals surface area contributed by atoms with E-state index in [0.29, 0.717) is 5.89 Å². The summed E-state index contributed by atoms with van der Waals surface area (Å²) in [7, 11) is 1.91. The van der Waals surface area contributed by atoms with Crippen molar-refractivity contribution >= 4 is 11.8 Å². The molecular weight excluding hydrogens is 258 g/mol. The fourth-order valence-electron chi connectivity index (χ4n) is 2.34. The van der Waals surface area contributed by atoms with Crippen LogP contribution in [-0.4, -0.2) is 17.2 Å². The van der Waals surface area contributed by atoms with Crippen LogP contribution in [0.25, 0.3) is 0 Å². The molecule has 0 saturated heterocycles. The molecule has 4 nitrogen and oxygen atoms in total. The molecule has 2 atom stereocenters. The van der Waals surface area contributed by atoms with Crippen LogP contribution in [0.15, 0.2) is 33.6 Å². The van der Waals surface area contributed by atoms with Crippen LogP contribution in [0.1, 0.15) is 42.0 Å². The van der Waals surface area contributed by atoms with Gasteiger partial charge >= 0.3 is 0 Å². The van der Waals surface area contributed by atoms with E-state index in [1.54, 1.807) is 0 Å². The highest BCUT2D eigenvalue weighted by Crippen LogP contribution is 2.45. The Hall–Kier alpha value is -1.33. The minimum atomic E-state index is 0.148. The lowest BCUT2D eigenvalue weighted by Gasteiger charge is -2.07. The molecule has 5 heteroatoms. The fourth-order valence-corrected chi connectivity index (χ4v) is 3.56. The zero-order valence-electron chi connectivity index (χ0n) is 11.1. The number of nitrogens with zero attached hydrogens (tertiary/aromatic N) is 2. The zero-order chi connectivity index (χ0) is 13.2. The summed E-state index contributed by atoms with van der Waals surface area (Å²) in [5.41, 5.74) is 1.37. The Kier molecular flexibility index (Phi) is 3.57. The van der Waals surface area contributed by atoms with Gasteiger partial charge in [0.25, 0.3) is 0 Å². The third kappa shape index (κ3) is 2.40. The number of benzene rings is 1. The first-order valence-corrected chi connectivity index (χ1v) is 7.45. The molecule has 0 amide bonds. The van der Waals surface area contributed by atoms with Crippen molar-refractivity contribution in [2.24, 2.45) is 0 Å². The Morgan fingerprint density at radius 2 is 2.26 bits per heavy atom. The predicted molar refractivity (Wildman–Crippen MR) is 75.1 cm³/mol. The van der Waals surface area contributed by atoms with Gasteiger partial charge in [0, 0.05) is 4.90 Å². The lowest BCUT2D eigenvalue weighted by molar-refractivity contribution is 0.385. The molecule has 0 spiro atoms. The summed E-state index contributed by atoms with van der Waals surface area (Å²) in [6, 6.07) is 8.62. The van der Waals surface area contributed by atoms with Gasteiger partial charge < -0.3 is 9.73 Å². The number of hydrogen-bond acceptors (Lipinski definition) is 5. The third-order valence-electron chi connectivity index (χ3n) is 3.43. The number of hydrogen-bond donors (Lipinski definition) is 1. The number of aromatic nitrogens is 2. The van der Waals surface area contributed by atoms with Crippen LogP contribution in [0.4, 0.5) is 0 Å². The van der Waals surface area contributed by atoms with Crippen molar-refractivity contribution in [3.8, 4) is 0 Å². The van der Waals surface area contributed by atoms with E-state index in [9.17, 15) is 0 Å². The highest BCUT2D eigenvalue weighted by Gasteiger charge is 2.28. The van der Waals surface area contributed by atoms with E-state index in [0.717, 1.165) is 18.7 Å². The van der Waals surface area contributed by atoms with Gasteiger partial charge in [0.1, 0.15) is 0 Å². The third-order valence-corrected chi connectivity index (χ3v) is 4.74. The average Bonchev–Trinajstić information content (AvgIpc) is 3.06. The van der Waals surface area contributed by atoms with Gasteiger partial charge in [-0.05, 0) is 31.5 Å². The summed E-state index contributed by atoms with van der Waals surface area (Å²) < 4.78 is 5.84. The molecule has 0 aliphatic carbocycles. The highest BCUT2D eigenvalue weighted by atomic mass is 32.2. The van der Waals surface area contributed by atoms with Crippen LogP contribution in [0, 0.1) is 0 Å². The van der Waals surface area contributed by atoms with Crippen LogP contribution in [0.3, 0.4) is 0 Å². The van der Waals surface area contributed by atoms with Crippen LogP contribution in [0.5, 0.6) is 0 Å². The van der Waals surface area contributed by atoms with Crippen LogP contribution < -0.4 is 5.32 Å². The minimum absolute atomic E-state index is 0.148. The monoisotopic (exact) mass is 275 g/mol. The standard InChI is InChI=1S/C14H17N3OS/c1-3-10(15-2)13-16-17-14(18-13)12-8-9-6-4-5-7-11(9)19-12/h4-7,10,12,15H,3,8H2,1-2H3. The largest absolute Gasteiger partial charge is 0.422 e. The van der Waals surface area contributed by atoms with E-state index in [1.807, 2.05) is 18.8 Å². The molecule has 1 aromatic heterocycles. The first kappa shape index (κ1) is 12.7. The summed E-state index contributed by atoms with van der Waals surface area (Å²) in [6.45, 7) is 2.10. The van der Waals surface area contributed by atoms with Crippen molar-refractivity contribution < 1.29 is 4.42 Å². The van der Waals surface area contributed by atoms with Gasteiger partial charge in [-0.3, -0.25) is 0 Å². The minimum Gasteiger partial charge on any atom is -0.422 e. The molecule has 3 rings (SSSR count). The summed E-state index contributed by atoms with van der Waals surface area (Å²) in [5, 5.41) is 11.8. The summed E-state index contributed by atoms with van der Waals surface area (Å²) >= 11 is 1.81. The molecule has 0 fully saturated rings. The molecular formula is C14H17N3OS. The molecule has 19 heavy (non-hydrogen) atoms. The zero-order valence-corrected chi connectivity index (χ0v) is 11.9. The van der Waals surface area contributed by atoms with Crippen LogP contribution in [-0.2, 0) is 6.42 Å². The van der Waals surface area contributed by atoms with Crippen molar-refractivity contribution in [1.82, 2.24) is 15.5 Å². The maximum Gasteiger partial charge on any atom is 0.233 e. The highest BCUT2D eigenvalue weighted by molar-refractivity contribution is 7.99. The Morgan fingerprint density at radius 3 is 3.00 bits per heavy atom. The molecule has 1 aromatic carbocycles. The van der Waals surface area contributed by atoms with Gasteiger partial charge in [-0.2, -0.15) is 0 Å². The van der Waals surface area contributed by atoms with Crippen LogP contribution in [0.2, 0.25) is 0 Å². The first-order valence-electron chi connectivity index (χ1n) is 6.57. The Morgan fingerprint density at radius 1 is 1.42 bits per heavy atom. The van der Waals surface area contributed by atoms with Gasteiger partial charge in [-0.1, -0.05) is 25.1 Å². The van der Waals surface area contributed by atoms with Crippen molar-refractivity contribution in [3.05, 3.63) is 41.6 Å². The van der Waals surface area contributed by atoms with E-state index in [-0.39, 0.29) is 11.3 Å². The van der Waals surface area contributed by atoms with Gasteiger partial charge in [0.2, 0.25) is 11.8 Å².